The Hall–Kier alpha value is -3.29. The van der Waals surface area contributed by atoms with Gasteiger partial charge in [-0.2, -0.15) is 4.98 Å². The second-order valence-corrected chi connectivity index (χ2v) is 8.03. The minimum atomic E-state index is -0.246. The predicted molar refractivity (Wildman–Crippen MR) is 128 cm³/mol. The normalized spacial score (nSPS) is 11.1. The molecule has 0 radical (unpaired) electrons. The minimum Gasteiger partial charge on any atom is -0.380 e. The fourth-order valence-electron chi connectivity index (χ4n) is 3.56. The molecule has 0 amide bonds. The highest BCUT2D eigenvalue weighted by Crippen LogP contribution is 2.33. The first-order chi connectivity index (χ1) is 16.0. The van der Waals surface area contributed by atoms with Crippen LogP contribution in [-0.4, -0.2) is 28.8 Å². The second kappa shape index (κ2) is 10.1. The summed E-state index contributed by atoms with van der Waals surface area (Å²) < 4.78 is 25.0. The molecule has 33 heavy (non-hydrogen) atoms. The molecule has 8 heteroatoms. The first-order valence-electron chi connectivity index (χ1n) is 10.6. The Kier molecular flexibility index (Phi) is 7.01. The van der Waals surface area contributed by atoms with E-state index in [0.29, 0.717) is 40.3 Å². The molecule has 2 aromatic heterocycles. The molecule has 4 aromatic rings. The van der Waals surface area contributed by atoms with Gasteiger partial charge in [0.15, 0.2) is 0 Å². The molecule has 1 N–H and O–H groups in total. The van der Waals surface area contributed by atoms with Crippen LogP contribution in [0.3, 0.4) is 0 Å². The summed E-state index contributed by atoms with van der Waals surface area (Å²) in [7, 11) is 1.62. The van der Waals surface area contributed by atoms with E-state index in [-0.39, 0.29) is 5.82 Å². The molecular weight excluding hydrogens is 443 g/mol. The maximum Gasteiger partial charge on any atom is 0.258 e. The van der Waals surface area contributed by atoms with Crippen molar-refractivity contribution in [3.05, 3.63) is 70.6 Å². The van der Waals surface area contributed by atoms with Crippen LogP contribution in [0.25, 0.3) is 34.0 Å². The summed E-state index contributed by atoms with van der Waals surface area (Å²) in [5.41, 5.74) is 4.57. The first-order valence-corrected chi connectivity index (χ1v) is 11.0. The van der Waals surface area contributed by atoms with E-state index in [0.717, 1.165) is 35.2 Å². The Morgan fingerprint density at radius 3 is 2.73 bits per heavy atom. The van der Waals surface area contributed by atoms with Crippen LogP contribution >= 0.6 is 11.6 Å². The molecule has 2 heterocycles. The minimum absolute atomic E-state index is 0.246. The van der Waals surface area contributed by atoms with E-state index in [1.807, 2.05) is 24.3 Å². The zero-order valence-corrected chi connectivity index (χ0v) is 19.4. The first kappa shape index (κ1) is 22.9. The van der Waals surface area contributed by atoms with Crippen molar-refractivity contribution in [1.82, 2.24) is 15.1 Å². The highest BCUT2D eigenvalue weighted by Gasteiger charge is 2.16. The molecular formula is C25H24ClFN4O2. The number of anilines is 1. The van der Waals surface area contributed by atoms with Gasteiger partial charge in [0.25, 0.3) is 5.89 Å². The summed E-state index contributed by atoms with van der Waals surface area (Å²) in [4.78, 5) is 8.88. The number of methoxy groups -OCH3 is 1. The van der Waals surface area contributed by atoms with Crippen LogP contribution in [0.15, 0.2) is 53.2 Å². The number of aromatic nitrogens is 3. The third-order valence-electron chi connectivity index (χ3n) is 5.28. The number of ether oxygens (including phenoxy) is 1. The highest BCUT2D eigenvalue weighted by molar-refractivity contribution is 6.33. The van der Waals surface area contributed by atoms with Gasteiger partial charge in [-0.3, -0.25) is 0 Å². The van der Waals surface area contributed by atoms with Crippen molar-refractivity contribution in [1.29, 1.82) is 0 Å². The van der Waals surface area contributed by atoms with Crippen LogP contribution in [0.4, 0.5) is 10.2 Å². The number of pyridine rings is 1. The number of halogens is 2. The van der Waals surface area contributed by atoms with Crippen molar-refractivity contribution in [3.63, 3.8) is 0 Å². The third kappa shape index (κ3) is 4.89. The molecule has 0 fully saturated rings. The molecule has 2 aromatic carbocycles. The maximum atomic E-state index is 14.1. The van der Waals surface area contributed by atoms with Gasteiger partial charge in [0, 0.05) is 31.0 Å². The molecule has 0 aliphatic carbocycles. The Labute approximate surface area is 196 Å². The average Bonchev–Trinajstić information content (AvgIpc) is 3.31. The standard InChI is InChI=1S/C25H24ClFN4O2/c1-4-10-28-24-21(26)12-17(13-29-24)23-30-25(33-31-23)16-8-9-20(18(11-16)14-32-3)19-6-5-7-22(27)15(19)2/h5-9,11-13H,4,10,14H2,1-3H3,(H,28,29). The fraction of sp³-hybridized carbons (Fsp3) is 0.240. The maximum absolute atomic E-state index is 14.1. The summed E-state index contributed by atoms with van der Waals surface area (Å²) >= 11 is 6.34. The molecule has 0 saturated carbocycles. The molecule has 0 unspecified atom stereocenters. The quantitative estimate of drug-likeness (QED) is 0.318. The van der Waals surface area contributed by atoms with Crippen molar-refractivity contribution in [2.45, 2.75) is 26.9 Å². The second-order valence-electron chi connectivity index (χ2n) is 7.62. The van der Waals surface area contributed by atoms with Gasteiger partial charge in [-0.25, -0.2) is 9.37 Å². The topological polar surface area (TPSA) is 73.1 Å². The van der Waals surface area contributed by atoms with Crippen molar-refractivity contribution in [2.75, 3.05) is 19.0 Å². The molecule has 0 spiro atoms. The van der Waals surface area contributed by atoms with Crippen LogP contribution in [0.1, 0.15) is 24.5 Å². The smallest absolute Gasteiger partial charge is 0.258 e. The average molecular weight is 467 g/mol. The summed E-state index contributed by atoms with van der Waals surface area (Å²) in [6, 6.07) is 12.5. The van der Waals surface area contributed by atoms with E-state index in [1.54, 1.807) is 32.4 Å². The van der Waals surface area contributed by atoms with Crippen molar-refractivity contribution in [3.8, 4) is 34.0 Å². The lowest BCUT2D eigenvalue weighted by Gasteiger charge is -2.13. The summed E-state index contributed by atoms with van der Waals surface area (Å²) in [5, 5.41) is 7.76. The molecule has 0 saturated heterocycles. The van der Waals surface area contributed by atoms with Crippen LogP contribution in [0.5, 0.6) is 0 Å². The Balaban J connectivity index is 1.66. The lowest BCUT2D eigenvalue weighted by atomic mass is 9.94. The molecule has 170 valence electrons. The zero-order valence-electron chi connectivity index (χ0n) is 18.7. The third-order valence-corrected chi connectivity index (χ3v) is 5.57. The Morgan fingerprint density at radius 2 is 1.97 bits per heavy atom. The number of hydrogen-bond donors (Lipinski definition) is 1. The predicted octanol–water partition coefficient (Wildman–Crippen LogP) is 6.53. The summed E-state index contributed by atoms with van der Waals surface area (Å²) in [5.74, 6) is 1.12. The van der Waals surface area contributed by atoms with Gasteiger partial charge in [-0.05, 0) is 59.9 Å². The number of hydrogen-bond acceptors (Lipinski definition) is 6. The van der Waals surface area contributed by atoms with Gasteiger partial charge in [0.2, 0.25) is 5.82 Å². The SMILES string of the molecule is CCCNc1ncc(-c2noc(-c3ccc(-c4cccc(F)c4C)c(COC)c3)n2)cc1Cl. The van der Waals surface area contributed by atoms with E-state index in [4.69, 9.17) is 20.9 Å². The van der Waals surface area contributed by atoms with E-state index >= 15 is 0 Å². The number of nitrogens with zero attached hydrogens (tertiary/aromatic N) is 3. The van der Waals surface area contributed by atoms with Gasteiger partial charge < -0.3 is 14.6 Å². The van der Waals surface area contributed by atoms with E-state index < -0.39 is 0 Å². The molecule has 0 aliphatic heterocycles. The van der Waals surface area contributed by atoms with Crippen molar-refractivity contribution in [2.24, 2.45) is 0 Å². The van der Waals surface area contributed by atoms with Gasteiger partial charge in [0.1, 0.15) is 11.6 Å². The molecule has 0 aliphatic rings. The van der Waals surface area contributed by atoms with Gasteiger partial charge in [-0.1, -0.05) is 41.9 Å². The molecule has 0 bridgehead atoms. The number of rotatable bonds is 8. The van der Waals surface area contributed by atoms with Gasteiger partial charge in [0.05, 0.1) is 11.6 Å². The van der Waals surface area contributed by atoms with Crippen molar-refractivity contribution < 1.29 is 13.7 Å². The van der Waals surface area contributed by atoms with Gasteiger partial charge in [-0.15, -0.1) is 0 Å². The van der Waals surface area contributed by atoms with E-state index in [2.05, 4.69) is 27.4 Å². The highest BCUT2D eigenvalue weighted by atomic mass is 35.5. The van der Waals surface area contributed by atoms with Crippen LogP contribution in [-0.2, 0) is 11.3 Å². The lowest BCUT2D eigenvalue weighted by Crippen LogP contribution is -2.02. The summed E-state index contributed by atoms with van der Waals surface area (Å²) in [6.45, 7) is 4.97. The van der Waals surface area contributed by atoms with Crippen molar-refractivity contribution >= 4 is 17.4 Å². The van der Waals surface area contributed by atoms with Crippen LogP contribution in [0.2, 0.25) is 5.02 Å². The Bertz CT molecular complexity index is 1280. The summed E-state index contributed by atoms with van der Waals surface area (Å²) in [6.07, 6.45) is 2.63. The monoisotopic (exact) mass is 466 g/mol. The molecule has 4 rings (SSSR count). The number of nitrogens with one attached hydrogen (secondary N) is 1. The zero-order chi connectivity index (χ0) is 23.4. The van der Waals surface area contributed by atoms with E-state index in [9.17, 15) is 4.39 Å². The molecule has 0 atom stereocenters. The largest absolute Gasteiger partial charge is 0.380 e. The Morgan fingerprint density at radius 1 is 1.12 bits per heavy atom. The van der Waals surface area contributed by atoms with Crippen LogP contribution in [0, 0.1) is 12.7 Å². The fourth-order valence-corrected chi connectivity index (χ4v) is 3.79. The number of benzene rings is 2. The van der Waals surface area contributed by atoms with Gasteiger partial charge >= 0.3 is 0 Å². The van der Waals surface area contributed by atoms with E-state index in [1.165, 1.54) is 6.07 Å². The van der Waals surface area contributed by atoms with Crippen LogP contribution < -0.4 is 5.32 Å². The molecule has 6 nitrogen and oxygen atoms in total. The lowest BCUT2D eigenvalue weighted by molar-refractivity contribution is 0.185.